The molecule has 0 bridgehead atoms. The number of benzene rings is 2. The van der Waals surface area contributed by atoms with Crippen LogP contribution in [-0.4, -0.2) is 45.5 Å². The minimum absolute atomic E-state index is 0.100. The number of carbonyl (C=O) groups is 5. The van der Waals surface area contributed by atoms with Gasteiger partial charge >= 0.3 is 0 Å². The predicted octanol–water partition coefficient (Wildman–Crippen LogP) is 1.57. The molecule has 2 aromatic carbocycles. The highest BCUT2D eigenvalue weighted by molar-refractivity contribution is 6.11. The lowest BCUT2D eigenvalue weighted by Crippen LogP contribution is -2.52. The van der Waals surface area contributed by atoms with Crippen LogP contribution in [0.25, 0.3) is 10.9 Å². The summed E-state index contributed by atoms with van der Waals surface area (Å²) in [6.07, 6.45) is 0.417. The molecule has 2 N–H and O–H groups in total. The Hall–Kier alpha value is -4.40. The molecule has 1 atom stereocenters. The summed E-state index contributed by atoms with van der Waals surface area (Å²) in [6, 6.07) is 14.4. The molecule has 0 spiro atoms. The minimum Gasteiger partial charge on any atom is -0.322 e. The highest BCUT2D eigenvalue weighted by Crippen LogP contribution is 2.28. The van der Waals surface area contributed by atoms with Crippen LogP contribution in [0, 0.1) is 0 Å². The molecule has 3 aromatic rings. The van der Waals surface area contributed by atoms with E-state index in [-0.39, 0.29) is 36.6 Å². The summed E-state index contributed by atoms with van der Waals surface area (Å²) in [5.41, 5.74) is 1.84. The van der Waals surface area contributed by atoms with Crippen molar-refractivity contribution in [2.24, 2.45) is 0 Å². The molecule has 1 aromatic heterocycles. The van der Waals surface area contributed by atoms with E-state index in [1.165, 1.54) is 23.1 Å². The van der Waals surface area contributed by atoms with Crippen LogP contribution in [0.15, 0.2) is 54.6 Å². The Kier molecular flexibility index (Phi) is 4.93. The normalized spacial score (nSPS) is 17.6. The third-order valence-corrected chi connectivity index (χ3v) is 5.85. The van der Waals surface area contributed by atoms with Gasteiger partial charge < -0.3 is 4.90 Å². The Morgan fingerprint density at radius 3 is 2.64 bits per heavy atom. The standard InChI is InChI=1S/C24H18N4O5/c29-20-10-9-19(23(32)26-20)28-12-15-6-5-14(11-16(15)24(28)33)21(30)27-22(31)18-8-7-13-3-1-2-4-17(13)25-18/h1-8,11,19H,9-10,12H2,(H,26,29,32)(H,27,30,31). The van der Waals surface area contributed by atoms with Crippen molar-refractivity contribution in [3.63, 3.8) is 0 Å². The molecule has 0 aliphatic carbocycles. The topological polar surface area (TPSA) is 126 Å². The van der Waals surface area contributed by atoms with Crippen molar-refractivity contribution in [2.45, 2.75) is 25.4 Å². The van der Waals surface area contributed by atoms with E-state index < -0.39 is 29.7 Å². The van der Waals surface area contributed by atoms with E-state index in [1.807, 2.05) is 18.2 Å². The first-order valence-electron chi connectivity index (χ1n) is 10.4. The third kappa shape index (κ3) is 3.73. The SMILES string of the molecule is O=C1CCC(N2Cc3ccc(C(=O)NC(=O)c4ccc5ccccc5n4)cc3C2=O)C(=O)N1. The minimum atomic E-state index is -0.736. The molecule has 3 heterocycles. The summed E-state index contributed by atoms with van der Waals surface area (Å²) < 4.78 is 0. The number of pyridine rings is 1. The van der Waals surface area contributed by atoms with Crippen molar-refractivity contribution in [3.05, 3.63) is 77.0 Å². The zero-order valence-corrected chi connectivity index (χ0v) is 17.3. The predicted molar refractivity (Wildman–Crippen MR) is 116 cm³/mol. The van der Waals surface area contributed by atoms with Gasteiger partial charge in [0, 0.05) is 29.5 Å². The van der Waals surface area contributed by atoms with E-state index in [0.29, 0.717) is 16.6 Å². The van der Waals surface area contributed by atoms with E-state index in [2.05, 4.69) is 15.6 Å². The number of fused-ring (bicyclic) bond motifs is 2. The second-order valence-corrected chi connectivity index (χ2v) is 7.94. The summed E-state index contributed by atoms with van der Waals surface area (Å²) >= 11 is 0. The fourth-order valence-corrected chi connectivity index (χ4v) is 4.13. The monoisotopic (exact) mass is 442 g/mol. The molecule has 9 heteroatoms. The fraction of sp³-hybridized carbons (Fsp3) is 0.167. The van der Waals surface area contributed by atoms with Crippen LogP contribution in [-0.2, 0) is 16.1 Å². The van der Waals surface area contributed by atoms with Crippen LogP contribution < -0.4 is 10.6 Å². The number of hydrogen-bond acceptors (Lipinski definition) is 6. The summed E-state index contributed by atoms with van der Waals surface area (Å²) in [4.78, 5) is 67.4. The van der Waals surface area contributed by atoms with E-state index >= 15 is 0 Å². The van der Waals surface area contributed by atoms with Gasteiger partial charge in [0.15, 0.2) is 0 Å². The largest absolute Gasteiger partial charge is 0.322 e. The Bertz CT molecular complexity index is 1370. The Balaban J connectivity index is 1.32. The van der Waals surface area contributed by atoms with Crippen LogP contribution in [0.5, 0.6) is 0 Å². The number of hydrogen-bond donors (Lipinski definition) is 2. The molecule has 164 valence electrons. The number of aromatic nitrogens is 1. The van der Waals surface area contributed by atoms with Crippen molar-refractivity contribution < 1.29 is 24.0 Å². The summed E-state index contributed by atoms with van der Waals surface area (Å²) in [5, 5.41) is 5.43. The quantitative estimate of drug-likeness (QED) is 0.593. The van der Waals surface area contributed by atoms with Crippen LogP contribution in [0.2, 0.25) is 0 Å². The summed E-state index contributed by atoms with van der Waals surface area (Å²) in [7, 11) is 0. The lowest BCUT2D eigenvalue weighted by atomic mass is 10.0. The van der Waals surface area contributed by atoms with Gasteiger partial charge in [0.2, 0.25) is 11.8 Å². The van der Waals surface area contributed by atoms with Gasteiger partial charge in [-0.15, -0.1) is 0 Å². The Morgan fingerprint density at radius 1 is 1.00 bits per heavy atom. The van der Waals surface area contributed by atoms with Crippen LogP contribution in [0.1, 0.15) is 49.6 Å². The van der Waals surface area contributed by atoms with Crippen LogP contribution >= 0.6 is 0 Å². The average Bonchev–Trinajstić information content (AvgIpc) is 3.14. The molecule has 33 heavy (non-hydrogen) atoms. The lowest BCUT2D eigenvalue weighted by molar-refractivity contribution is -0.136. The van der Waals surface area contributed by atoms with Gasteiger partial charge in [0.05, 0.1) is 5.52 Å². The molecule has 0 radical (unpaired) electrons. The number of amides is 5. The maximum atomic E-state index is 12.9. The van der Waals surface area contributed by atoms with Crippen molar-refractivity contribution in [1.82, 2.24) is 20.5 Å². The second-order valence-electron chi connectivity index (χ2n) is 7.94. The second kappa shape index (κ2) is 7.94. The average molecular weight is 442 g/mol. The molecule has 1 fully saturated rings. The molecule has 2 aliphatic rings. The van der Waals surface area contributed by atoms with Gasteiger partial charge in [0.1, 0.15) is 11.7 Å². The lowest BCUT2D eigenvalue weighted by Gasteiger charge is -2.29. The maximum absolute atomic E-state index is 12.9. The van der Waals surface area contributed by atoms with E-state index in [4.69, 9.17) is 0 Å². The molecule has 1 unspecified atom stereocenters. The number of imide groups is 2. The molecule has 1 saturated heterocycles. The molecule has 2 aliphatic heterocycles. The summed E-state index contributed by atoms with van der Waals surface area (Å²) in [6.45, 7) is 0.211. The summed E-state index contributed by atoms with van der Waals surface area (Å²) in [5.74, 6) is -2.56. The number of nitrogens with zero attached hydrogens (tertiary/aromatic N) is 2. The van der Waals surface area contributed by atoms with Gasteiger partial charge in [-0.25, -0.2) is 4.98 Å². The molecular formula is C24H18N4O5. The third-order valence-electron chi connectivity index (χ3n) is 5.85. The van der Waals surface area contributed by atoms with Gasteiger partial charge in [-0.2, -0.15) is 0 Å². The van der Waals surface area contributed by atoms with Gasteiger partial charge in [-0.05, 0) is 36.2 Å². The fourth-order valence-electron chi connectivity index (χ4n) is 4.13. The molecule has 9 nitrogen and oxygen atoms in total. The Morgan fingerprint density at radius 2 is 1.82 bits per heavy atom. The number of nitrogens with one attached hydrogen (secondary N) is 2. The van der Waals surface area contributed by atoms with Crippen molar-refractivity contribution in [1.29, 1.82) is 0 Å². The first kappa shape index (κ1) is 20.5. The highest BCUT2D eigenvalue weighted by Gasteiger charge is 2.39. The van der Waals surface area contributed by atoms with Gasteiger partial charge in [-0.3, -0.25) is 34.6 Å². The van der Waals surface area contributed by atoms with Gasteiger partial charge in [-0.1, -0.05) is 30.3 Å². The molecule has 0 saturated carbocycles. The van der Waals surface area contributed by atoms with Gasteiger partial charge in [0.25, 0.3) is 17.7 Å². The number of piperidine rings is 1. The number of para-hydroxylation sites is 1. The van der Waals surface area contributed by atoms with Crippen LogP contribution in [0.4, 0.5) is 0 Å². The van der Waals surface area contributed by atoms with Crippen molar-refractivity contribution >= 4 is 40.4 Å². The van der Waals surface area contributed by atoms with Crippen LogP contribution in [0.3, 0.4) is 0 Å². The molecular weight excluding hydrogens is 424 g/mol. The molecule has 5 amide bonds. The highest BCUT2D eigenvalue weighted by atomic mass is 16.2. The maximum Gasteiger partial charge on any atom is 0.276 e. The van der Waals surface area contributed by atoms with Crippen molar-refractivity contribution in [2.75, 3.05) is 0 Å². The first-order valence-corrected chi connectivity index (χ1v) is 10.4. The van der Waals surface area contributed by atoms with E-state index in [0.717, 1.165) is 5.39 Å². The van der Waals surface area contributed by atoms with E-state index in [9.17, 15) is 24.0 Å². The zero-order valence-electron chi connectivity index (χ0n) is 17.3. The Labute approximate surface area is 187 Å². The molecule has 5 rings (SSSR count). The number of carbonyl (C=O) groups excluding carboxylic acids is 5. The number of rotatable bonds is 3. The van der Waals surface area contributed by atoms with Crippen molar-refractivity contribution in [3.8, 4) is 0 Å². The first-order chi connectivity index (χ1) is 15.9. The van der Waals surface area contributed by atoms with E-state index in [1.54, 1.807) is 18.2 Å². The smallest absolute Gasteiger partial charge is 0.276 e. The zero-order chi connectivity index (χ0) is 23.1.